The zero-order valence-electron chi connectivity index (χ0n) is 9.31. The van der Waals surface area contributed by atoms with Crippen LogP contribution in [0.4, 0.5) is 11.5 Å². The summed E-state index contributed by atoms with van der Waals surface area (Å²) in [5, 5.41) is 2.91. The first kappa shape index (κ1) is 10.7. The van der Waals surface area contributed by atoms with Crippen LogP contribution in [0.5, 0.6) is 0 Å². The lowest BCUT2D eigenvalue weighted by Crippen LogP contribution is -2.35. The van der Waals surface area contributed by atoms with Crippen molar-refractivity contribution in [3.05, 3.63) is 18.3 Å². The first-order valence-corrected chi connectivity index (χ1v) is 5.39. The molecule has 2 rings (SSSR count). The Morgan fingerprint density at radius 3 is 3.19 bits per heavy atom. The molecular formula is C11H16N4O. The summed E-state index contributed by atoms with van der Waals surface area (Å²) >= 11 is 0. The van der Waals surface area contributed by atoms with Crippen LogP contribution in [0.15, 0.2) is 18.3 Å². The highest BCUT2D eigenvalue weighted by molar-refractivity contribution is 5.73. The molecule has 1 aromatic rings. The standard InChI is InChI=1S/C11H16N4O/c1-8(16)14-9-4-6-15(7-9)11-10(12)3-2-5-13-11/h2-3,5,9H,4,6-7,12H2,1H3,(H,14,16). The van der Waals surface area contributed by atoms with Crippen molar-refractivity contribution in [3.8, 4) is 0 Å². The summed E-state index contributed by atoms with van der Waals surface area (Å²) in [5.41, 5.74) is 6.54. The summed E-state index contributed by atoms with van der Waals surface area (Å²) in [7, 11) is 0. The van der Waals surface area contributed by atoms with Gasteiger partial charge in [-0.1, -0.05) is 0 Å². The monoisotopic (exact) mass is 220 g/mol. The van der Waals surface area contributed by atoms with E-state index in [0.29, 0.717) is 5.69 Å². The number of hydrogen-bond donors (Lipinski definition) is 2. The Labute approximate surface area is 94.6 Å². The number of nitrogens with zero attached hydrogens (tertiary/aromatic N) is 2. The predicted molar refractivity (Wildman–Crippen MR) is 63.1 cm³/mol. The fourth-order valence-corrected chi connectivity index (χ4v) is 2.03. The molecule has 1 saturated heterocycles. The molecule has 1 amide bonds. The second-order valence-electron chi connectivity index (χ2n) is 4.05. The van der Waals surface area contributed by atoms with Crippen LogP contribution in [0, 0.1) is 0 Å². The number of nitrogen functional groups attached to an aromatic ring is 1. The number of aromatic nitrogens is 1. The first-order chi connectivity index (χ1) is 7.66. The highest BCUT2D eigenvalue weighted by Gasteiger charge is 2.24. The van der Waals surface area contributed by atoms with Gasteiger partial charge in [-0.05, 0) is 18.6 Å². The molecular weight excluding hydrogens is 204 g/mol. The summed E-state index contributed by atoms with van der Waals surface area (Å²) in [5.74, 6) is 0.830. The van der Waals surface area contributed by atoms with Crippen molar-refractivity contribution in [2.75, 3.05) is 23.7 Å². The Hall–Kier alpha value is -1.78. The normalized spacial score (nSPS) is 19.8. The summed E-state index contributed by atoms with van der Waals surface area (Å²) in [4.78, 5) is 17.3. The molecule has 5 heteroatoms. The van der Waals surface area contributed by atoms with E-state index in [-0.39, 0.29) is 11.9 Å². The Morgan fingerprint density at radius 1 is 1.69 bits per heavy atom. The van der Waals surface area contributed by atoms with Crippen LogP contribution < -0.4 is 16.0 Å². The average molecular weight is 220 g/mol. The molecule has 0 spiro atoms. The number of hydrogen-bond acceptors (Lipinski definition) is 4. The van der Waals surface area contributed by atoms with E-state index in [9.17, 15) is 4.79 Å². The molecule has 16 heavy (non-hydrogen) atoms. The molecule has 1 unspecified atom stereocenters. The lowest BCUT2D eigenvalue weighted by molar-refractivity contribution is -0.119. The molecule has 1 aromatic heterocycles. The number of rotatable bonds is 2. The van der Waals surface area contributed by atoms with Crippen molar-refractivity contribution >= 4 is 17.4 Å². The van der Waals surface area contributed by atoms with E-state index in [1.807, 2.05) is 12.1 Å². The molecule has 0 aliphatic carbocycles. The summed E-state index contributed by atoms with van der Waals surface area (Å²) < 4.78 is 0. The van der Waals surface area contributed by atoms with Crippen molar-refractivity contribution in [1.29, 1.82) is 0 Å². The molecule has 1 atom stereocenters. The third kappa shape index (κ3) is 2.24. The lowest BCUT2D eigenvalue weighted by atomic mass is 10.2. The third-order valence-corrected chi connectivity index (χ3v) is 2.71. The summed E-state index contributed by atoms with van der Waals surface area (Å²) in [6.07, 6.45) is 2.67. The largest absolute Gasteiger partial charge is 0.396 e. The van der Waals surface area contributed by atoms with Gasteiger partial charge < -0.3 is 16.0 Å². The van der Waals surface area contributed by atoms with Crippen LogP contribution in [0.2, 0.25) is 0 Å². The minimum absolute atomic E-state index is 0.0147. The van der Waals surface area contributed by atoms with Crippen LogP contribution >= 0.6 is 0 Å². The zero-order chi connectivity index (χ0) is 11.5. The Bertz CT molecular complexity index is 393. The fraction of sp³-hybridized carbons (Fsp3) is 0.455. The topological polar surface area (TPSA) is 71.2 Å². The number of anilines is 2. The number of amides is 1. The second kappa shape index (κ2) is 4.38. The minimum atomic E-state index is 0.0147. The Morgan fingerprint density at radius 2 is 2.50 bits per heavy atom. The van der Waals surface area contributed by atoms with E-state index in [2.05, 4.69) is 15.2 Å². The van der Waals surface area contributed by atoms with Crippen molar-refractivity contribution in [2.24, 2.45) is 0 Å². The SMILES string of the molecule is CC(=O)NC1CCN(c2ncccc2N)C1. The predicted octanol–water partition coefficient (Wildman–Crippen LogP) is 0.379. The van der Waals surface area contributed by atoms with E-state index in [1.54, 1.807) is 6.20 Å². The van der Waals surface area contributed by atoms with Crippen molar-refractivity contribution < 1.29 is 4.79 Å². The number of carbonyl (C=O) groups excluding carboxylic acids is 1. The number of nitrogens with one attached hydrogen (secondary N) is 1. The van der Waals surface area contributed by atoms with Gasteiger partial charge in [0.25, 0.3) is 0 Å². The van der Waals surface area contributed by atoms with E-state index < -0.39 is 0 Å². The number of carbonyl (C=O) groups is 1. The van der Waals surface area contributed by atoms with Gasteiger partial charge in [0.2, 0.25) is 5.91 Å². The Kier molecular flexibility index (Phi) is 2.94. The van der Waals surface area contributed by atoms with Gasteiger partial charge in [-0.25, -0.2) is 4.98 Å². The summed E-state index contributed by atoms with van der Waals surface area (Å²) in [6, 6.07) is 3.87. The molecule has 3 N–H and O–H groups in total. The minimum Gasteiger partial charge on any atom is -0.396 e. The molecule has 2 heterocycles. The maximum Gasteiger partial charge on any atom is 0.217 e. The molecule has 0 aromatic carbocycles. The zero-order valence-corrected chi connectivity index (χ0v) is 9.31. The fourth-order valence-electron chi connectivity index (χ4n) is 2.03. The van der Waals surface area contributed by atoms with Crippen LogP contribution in [-0.2, 0) is 4.79 Å². The van der Waals surface area contributed by atoms with Crippen LogP contribution in [0.1, 0.15) is 13.3 Å². The van der Waals surface area contributed by atoms with Gasteiger partial charge in [-0.2, -0.15) is 0 Å². The molecule has 0 bridgehead atoms. The molecule has 0 saturated carbocycles. The highest BCUT2D eigenvalue weighted by Crippen LogP contribution is 2.23. The molecule has 0 radical (unpaired) electrons. The van der Waals surface area contributed by atoms with Gasteiger partial charge >= 0.3 is 0 Å². The van der Waals surface area contributed by atoms with Crippen LogP contribution in [0.3, 0.4) is 0 Å². The molecule has 86 valence electrons. The van der Waals surface area contributed by atoms with E-state index in [0.717, 1.165) is 25.3 Å². The lowest BCUT2D eigenvalue weighted by Gasteiger charge is -2.19. The van der Waals surface area contributed by atoms with Gasteiger partial charge in [0.05, 0.1) is 5.69 Å². The van der Waals surface area contributed by atoms with Gasteiger partial charge in [-0.3, -0.25) is 4.79 Å². The highest BCUT2D eigenvalue weighted by atomic mass is 16.1. The molecule has 1 aliphatic heterocycles. The smallest absolute Gasteiger partial charge is 0.217 e. The summed E-state index contributed by atoms with van der Waals surface area (Å²) in [6.45, 7) is 3.20. The van der Waals surface area contributed by atoms with Gasteiger partial charge in [-0.15, -0.1) is 0 Å². The molecule has 1 aliphatic rings. The van der Waals surface area contributed by atoms with Gasteiger partial charge in [0.15, 0.2) is 5.82 Å². The maximum absolute atomic E-state index is 10.9. The average Bonchev–Trinajstić information content (AvgIpc) is 2.66. The van der Waals surface area contributed by atoms with E-state index in [4.69, 9.17) is 5.73 Å². The molecule has 5 nitrogen and oxygen atoms in total. The molecule has 1 fully saturated rings. The van der Waals surface area contributed by atoms with Gasteiger partial charge in [0.1, 0.15) is 0 Å². The van der Waals surface area contributed by atoms with Crippen LogP contribution in [0.25, 0.3) is 0 Å². The van der Waals surface area contributed by atoms with Crippen molar-refractivity contribution in [2.45, 2.75) is 19.4 Å². The van der Waals surface area contributed by atoms with Crippen LogP contribution in [-0.4, -0.2) is 30.0 Å². The number of pyridine rings is 1. The van der Waals surface area contributed by atoms with Crippen molar-refractivity contribution in [3.63, 3.8) is 0 Å². The van der Waals surface area contributed by atoms with Gasteiger partial charge in [0, 0.05) is 32.3 Å². The quantitative estimate of drug-likeness (QED) is 0.755. The maximum atomic E-state index is 10.9. The first-order valence-electron chi connectivity index (χ1n) is 5.39. The second-order valence-corrected chi connectivity index (χ2v) is 4.05. The Balaban J connectivity index is 2.04. The third-order valence-electron chi connectivity index (χ3n) is 2.71. The van der Waals surface area contributed by atoms with E-state index in [1.165, 1.54) is 6.92 Å². The number of nitrogens with two attached hydrogens (primary N) is 1. The van der Waals surface area contributed by atoms with E-state index >= 15 is 0 Å². The van der Waals surface area contributed by atoms with Crippen molar-refractivity contribution in [1.82, 2.24) is 10.3 Å².